The first-order valence-electron chi connectivity index (χ1n) is 5.23. The third-order valence-electron chi connectivity index (χ3n) is 2.38. The fraction of sp³-hybridized carbons (Fsp3) is 0.364. The smallest absolute Gasteiger partial charge is 0.164 e. The Morgan fingerprint density at radius 2 is 2.24 bits per heavy atom. The molecule has 0 radical (unpaired) electrons. The summed E-state index contributed by atoms with van der Waals surface area (Å²) < 4.78 is 7.20. The van der Waals surface area contributed by atoms with Gasteiger partial charge in [-0.1, -0.05) is 0 Å². The molecule has 6 nitrogen and oxygen atoms in total. The average Bonchev–Trinajstić information content (AvgIpc) is 2.73. The quantitative estimate of drug-likeness (QED) is 0.838. The maximum Gasteiger partial charge on any atom is 0.164 e. The van der Waals surface area contributed by atoms with Crippen molar-refractivity contribution in [1.82, 2.24) is 19.7 Å². The molecule has 17 heavy (non-hydrogen) atoms. The van der Waals surface area contributed by atoms with Gasteiger partial charge < -0.3 is 9.84 Å². The Morgan fingerprint density at radius 3 is 2.88 bits per heavy atom. The van der Waals surface area contributed by atoms with Gasteiger partial charge in [0.1, 0.15) is 24.4 Å². The lowest BCUT2D eigenvalue weighted by Gasteiger charge is -2.09. The highest BCUT2D eigenvalue weighted by molar-refractivity contribution is 5.28. The van der Waals surface area contributed by atoms with Crippen LogP contribution in [0, 0.1) is 6.92 Å². The van der Waals surface area contributed by atoms with Crippen LogP contribution in [0.5, 0.6) is 5.75 Å². The highest BCUT2D eigenvalue weighted by Crippen LogP contribution is 2.17. The van der Waals surface area contributed by atoms with E-state index in [1.807, 2.05) is 13.0 Å². The largest absolute Gasteiger partial charge is 0.484 e. The minimum absolute atomic E-state index is 0.143. The molecule has 90 valence electrons. The van der Waals surface area contributed by atoms with Crippen LogP contribution in [0.2, 0.25) is 0 Å². The molecule has 2 aromatic rings. The Hall–Kier alpha value is -1.95. The van der Waals surface area contributed by atoms with E-state index in [9.17, 15) is 5.11 Å². The van der Waals surface area contributed by atoms with E-state index < -0.39 is 0 Å². The van der Waals surface area contributed by atoms with Gasteiger partial charge in [0.05, 0.1) is 6.61 Å². The first kappa shape index (κ1) is 11.5. The summed E-state index contributed by atoms with van der Waals surface area (Å²) in [5.41, 5.74) is 1.38. The molecule has 2 aromatic heterocycles. The molecule has 0 saturated carbocycles. The van der Waals surface area contributed by atoms with Crippen LogP contribution in [0.25, 0.3) is 0 Å². The third-order valence-corrected chi connectivity index (χ3v) is 2.38. The van der Waals surface area contributed by atoms with Crippen molar-refractivity contribution in [3.8, 4) is 5.75 Å². The van der Waals surface area contributed by atoms with E-state index in [0.717, 1.165) is 11.5 Å². The summed E-state index contributed by atoms with van der Waals surface area (Å²) in [6.45, 7) is 2.02. The van der Waals surface area contributed by atoms with Gasteiger partial charge in [0.25, 0.3) is 0 Å². The number of pyridine rings is 1. The molecule has 0 saturated heterocycles. The molecule has 2 rings (SSSR count). The Morgan fingerprint density at radius 1 is 1.41 bits per heavy atom. The number of rotatable bonds is 4. The molecule has 0 aromatic carbocycles. The summed E-state index contributed by atoms with van der Waals surface area (Å²) in [6, 6.07) is 3.63. The number of hydrogen-bond donors (Lipinski definition) is 1. The minimum Gasteiger partial charge on any atom is -0.484 e. The van der Waals surface area contributed by atoms with Gasteiger partial charge in [0.2, 0.25) is 0 Å². The van der Waals surface area contributed by atoms with Crippen LogP contribution < -0.4 is 4.74 Å². The van der Waals surface area contributed by atoms with Gasteiger partial charge in [0, 0.05) is 12.7 Å². The number of aromatic nitrogens is 4. The molecule has 0 atom stereocenters. The molecule has 0 amide bonds. The number of aliphatic hydroxyl groups excluding tert-OH is 1. The van der Waals surface area contributed by atoms with Crippen molar-refractivity contribution in [3.63, 3.8) is 0 Å². The fourth-order valence-electron chi connectivity index (χ4n) is 1.44. The van der Waals surface area contributed by atoms with E-state index in [0.29, 0.717) is 18.1 Å². The predicted molar refractivity (Wildman–Crippen MR) is 60.2 cm³/mol. The monoisotopic (exact) mass is 234 g/mol. The minimum atomic E-state index is -0.143. The first-order chi connectivity index (χ1) is 8.20. The summed E-state index contributed by atoms with van der Waals surface area (Å²) >= 11 is 0. The van der Waals surface area contributed by atoms with Crippen molar-refractivity contribution in [2.75, 3.05) is 0 Å². The topological polar surface area (TPSA) is 73.1 Å². The zero-order valence-corrected chi connectivity index (χ0v) is 9.79. The highest BCUT2D eigenvalue weighted by atomic mass is 16.5. The summed E-state index contributed by atoms with van der Waals surface area (Å²) in [5, 5.41) is 13.1. The summed E-state index contributed by atoms with van der Waals surface area (Å²) in [6.07, 6.45) is 1.47. The molecule has 0 bridgehead atoms. The molecule has 6 heteroatoms. The molecule has 0 aliphatic rings. The lowest BCUT2D eigenvalue weighted by Crippen LogP contribution is -2.06. The van der Waals surface area contributed by atoms with Gasteiger partial charge in [0.15, 0.2) is 5.82 Å². The van der Waals surface area contributed by atoms with E-state index in [-0.39, 0.29) is 6.61 Å². The summed E-state index contributed by atoms with van der Waals surface area (Å²) in [4.78, 5) is 8.24. The maximum absolute atomic E-state index is 9.18. The zero-order chi connectivity index (χ0) is 12.3. The summed E-state index contributed by atoms with van der Waals surface area (Å²) in [5.74, 6) is 1.29. The Balaban J connectivity index is 2.11. The van der Waals surface area contributed by atoms with E-state index in [1.54, 1.807) is 17.8 Å². The normalized spacial score (nSPS) is 10.5. The van der Waals surface area contributed by atoms with Crippen molar-refractivity contribution in [1.29, 1.82) is 0 Å². The Bertz CT molecular complexity index is 510. The second-order valence-electron chi connectivity index (χ2n) is 3.64. The van der Waals surface area contributed by atoms with Gasteiger partial charge in [-0.2, -0.15) is 5.10 Å². The zero-order valence-electron chi connectivity index (χ0n) is 9.79. The van der Waals surface area contributed by atoms with E-state index in [1.165, 1.54) is 6.33 Å². The number of aliphatic hydroxyl groups is 1. The third kappa shape index (κ3) is 2.59. The number of aryl methyl sites for hydroxylation is 2. The van der Waals surface area contributed by atoms with Crippen molar-refractivity contribution >= 4 is 0 Å². The van der Waals surface area contributed by atoms with Crippen LogP contribution in [0.15, 0.2) is 18.5 Å². The molecule has 2 heterocycles. The maximum atomic E-state index is 9.18. The average molecular weight is 234 g/mol. The molecule has 0 fully saturated rings. The van der Waals surface area contributed by atoms with E-state index in [4.69, 9.17) is 4.74 Å². The van der Waals surface area contributed by atoms with Gasteiger partial charge in [-0.25, -0.2) is 4.98 Å². The predicted octanol–water partition coefficient (Wildman–Crippen LogP) is 0.590. The van der Waals surface area contributed by atoms with Crippen LogP contribution in [0.4, 0.5) is 0 Å². The molecule has 0 aliphatic heterocycles. The lowest BCUT2D eigenvalue weighted by molar-refractivity contribution is 0.248. The molecule has 0 aliphatic carbocycles. The fourth-order valence-corrected chi connectivity index (χ4v) is 1.44. The van der Waals surface area contributed by atoms with Crippen LogP contribution in [0.1, 0.15) is 17.2 Å². The van der Waals surface area contributed by atoms with Gasteiger partial charge in [-0.15, -0.1) is 0 Å². The highest BCUT2D eigenvalue weighted by Gasteiger charge is 2.07. The van der Waals surface area contributed by atoms with Crippen molar-refractivity contribution < 1.29 is 9.84 Å². The Kier molecular flexibility index (Phi) is 3.34. The number of ether oxygens (including phenoxy) is 1. The van der Waals surface area contributed by atoms with Gasteiger partial charge >= 0.3 is 0 Å². The molecular weight excluding hydrogens is 220 g/mol. The SMILES string of the molecule is Cc1ccc(OCc2ncnn2C)c(CO)n1. The summed E-state index contributed by atoms with van der Waals surface area (Å²) in [7, 11) is 1.80. The molecule has 1 N–H and O–H groups in total. The number of hydrogen-bond acceptors (Lipinski definition) is 5. The van der Waals surface area contributed by atoms with Crippen molar-refractivity contribution in [2.45, 2.75) is 20.1 Å². The Labute approximate surface area is 98.9 Å². The van der Waals surface area contributed by atoms with E-state index in [2.05, 4.69) is 15.1 Å². The van der Waals surface area contributed by atoms with Crippen LogP contribution in [-0.4, -0.2) is 24.9 Å². The van der Waals surface area contributed by atoms with Crippen LogP contribution in [0.3, 0.4) is 0 Å². The second-order valence-corrected chi connectivity index (χ2v) is 3.64. The standard InChI is InChI=1S/C11H14N4O2/c1-8-3-4-10(9(5-16)14-8)17-6-11-12-7-13-15(11)2/h3-4,7,16H,5-6H2,1-2H3. The molecular formula is C11H14N4O2. The molecule has 0 unspecified atom stereocenters. The van der Waals surface area contributed by atoms with Crippen LogP contribution in [-0.2, 0) is 20.3 Å². The van der Waals surface area contributed by atoms with E-state index >= 15 is 0 Å². The first-order valence-corrected chi connectivity index (χ1v) is 5.23. The van der Waals surface area contributed by atoms with Crippen LogP contribution >= 0.6 is 0 Å². The second kappa shape index (κ2) is 4.92. The molecule has 0 spiro atoms. The van der Waals surface area contributed by atoms with Crippen molar-refractivity contribution in [3.05, 3.63) is 35.7 Å². The van der Waals surface area contributed by atoms with Gasteiger partial charge in [-0.05, 0) is 19.1 Å². The lowest BCUT2D eigenvalue weighted by atomic mass is 10.3. The number of nitrogens with zero attached hydrogens (tertiary/aromatic N) is 4. The van der Waals surface area contributed by atoms with Crippen molar-refractivity contribution in [2.24, 2.45) is 7.05 Å². The van der Waals surface area contributed by atoms with Gasteiger partial charge in [-0.3, -0.25) is 9.67 Å².